The van der Waals surface area contributed by atoms with E-state index in [0.29, 0.717) is 12.4 Å². The summed E-state index contributed by atoms with van der Waals surface area (Å²) in [6, 6.07) is 3.36. The monoisotopic (exact) mass is 195 g/mol. The molecule has 0 saturated heterocycles. The highest BCUT2D eigenvalue weighted by Gasteiger charge is 2.43. The number of nitrogens with two attached hydrogens (primary N) is 1. The predicted octanol–water partition coefficient (Wildman–Crippen LogP) is 1.40. The molecule has 1 aromatic heterocycles. The largest absolute Gasteiger partial charge is 0.460 e. The second-order valence-corrected chi connectivity index (χ2v) is 3.54. The van der Waals surface area contributed by atoms with Crippen LogP contribution in [0.25, 0.3) is 0 Å². The van der Waals surface area contributed by atoms with Crippen LogP contribution >= 0.6 is 0 Å². The summed E-state index contributed by atoms with van der Waals surface area (Å²) in [6.07, 6.45) is 1.84. The van der Waals surface area contributed by atoms with Crippen molar-refractivity contribution in [2.24, 2.45) is 5.73 Å². The van der Waals surface area contributed by atoms with Gasteiger partial charge < -0.3 is 14.9 Å². The minimum Gasteiger partial charge on any atom is -0.460 e. The Balaban J connectivity index is 2.13. The van der Waals surface area contributed by atoms with Crippen LogP contribution in [0.2, 0.25) is 0 Å². The molecule has 0 radical (unpaired) electrons. The molecule has 0 spiro atoms. The van der Waals surface area contributed by atoms with Gasteiger partial charge in [-0.05, 0) is 31.9 Å². The molecule has 4 nitrogen and oxygen atoms in total. The van der Waals surface area contributed by atoms with Crippen molar-refractivity contribution in [2.45, 2.75) is 25.3 Å². The third-order valence-electron chi connectivity index (χ3n) is 2.36. The highest BCUT2D eigenvalue weighted by Crippen LogP contribution is 2.43. The van der Waals surface area contributed by atoms with E-state index in [1.54, 1.807) is 19.1 Å². The summed E-state index contributed by atoms with van der Waals surface area (Å²) in [4.78, 5) is 11.2. The number of furan rings is 1. The number of carbonyl (C=O) groups is 1. The first-order valence-corrected chi connectivity index (χ1v) is 4.72. The zero-order valence-corrected chi connectivity index (χ0v) is 8.08. The molecule has 14 heavy (non-hydrogen) atoms. The van der Waals surface area contributed by atoms with Gasteiger partial charge in [-0.3, -0.25) is 0 Å². The lowest BCUT2D eigenvalue weighted by atomic mass is 10.2. The lowest BCUT2D eigenvalue weighted by molar-refractivity contribution is 0.0487. The van der Waals surface area contributed by atoms with Crippen molar-refractivity contribution in [3.8, 4) is 0 Å². The van der Waals surface area contributed by atoms with E-state index in [4.69, 9.17) is 14.9 Å². The van der Waals surface area contributed by atoms with Crippen LogP contribution in [-0.2, 0) is 10.3 Å². The molecule has 2 N–H and O–H groups in total. The minimum absolute atomic E-state index is 0.235. The van der Waals surface area contributed by atoms with E-state index in [2.05, 4.69) is 0 Å². The molecule has 76 valence electrons. The van der Waals surface area contributed by atoms with Crippen LogP contribution in [0.4, 0.5) is 0 Å². The SMILES string of the molecule is CCOC(=O)c1ccc(C2(N)CC2)o1. The molecule has 0 amide bonds. The van der Waals surface area contributed by atoms with E-state index in [1.807, 2.05) is 0 Å². The quantitative estimate of drug-likeness (QED) is 0.740. The average Bonchev–Trinajstić information content (AvgIpc) is 2.72. The maximum absolute atomic E-state index is 11.2. The Morgan fingerprint density at radius 3 is 2.93 bits per heavy atom. The highest BCUT2D eigenvalue weighted by molar-refractivity contribution is 5.86. The molecule has 1 aliphatic carbocycles. The van der Waals surface area contributed by atoms with Gasteiger partial charge in [0.2, 0.25) is 5.76 Å². The number of esters is 1. The van der Waals surface area contributed by atoms with Gasteiger partial charge in [-0.25, -0.2) is 4.79 Å². The van der Waals surface area contributed by atoms with Crippen molar-refractivity contribution in [3.05, 3.63) is 23.7 Å². The van der Waals surface area contributed by atoms with Crippen molar-refractivity contribution in [3.63, 3.8) is 0 Å². The number of carbonyl (C=O) groups excluding carboxylic acids is 1. The van der Waals surface area contributed by atoms with Gasteiger partial charge in [0.1, 0.15) is 5.76 Å². The second kappa shape index (κ2) is 3.13. The number of hydrogen-bond donors (Lipinski definition) is 1. The van der Waals surface area contributed by atoms with E-state index in [0.717, 1.165) is 12.8 Å². The maximum atomic E-state index is 11.2. The summed E-state index contributed by atoms with van der Waals surface area (Å²) in [5.74, 6) is 0.488. The molecule has 1 aliphatic rings. The Kier molecular flexibility index (Phi) is 2.07. The molecule has 1 heterocycles. The Morgan fingerprint density at radius 2 is 2.36 bits per heavy atom. The molecular weight excluding hydrogens is 182 g/mol. The lowest BCUT2D eigenvalue weighted by Crippen LogP contribution is -2.17. The predicted molar refractivity (Wildman–Crippen MR) is 49.8 cm³/mol. The standard InChI is InChI=1S/C10H13NO3/c1-2-13-9(12)7-3-4-8(14-7)10(11)5-6-10/h3-4H,2,5-6,11H2,1H3. The molecule has 0 unspecified atom stereocenters. The fraction of sp³-hybridized carbons (Fsp3) is 0.500. The van der Waals surface area contributed by atoms with E-state index in [1.165, 1.54) is 0 Å². The fourth-order valence-corrected chi connectivity index (χ4v) is 1.30. The summed E-state index contributed by atoms with van der Waals surface area (Å²) >= 11 is 0. The normalized spacial score (nSPS) is 17.9. The first kappa shape index (κ1) is 9.27. The van der Waals surface area contributed by atoms with Gasteiger partial charge in [-0.1, -0.05) is 0 Å². The van der Waals surface area contributed by atoms with Crippen molar-refractivity contribution in [2.75, 3.05) is 6.61 Å². The van der Waals surface area contributed by atoms with Crippen LogP contribution in [0.15, 0.2) is 16.5 Å². The summed E-state index contributed by atoms with van der Waals surface area (Å²) in [5, 5.41) is 0. The maximum Gasteiger partial charge on any atom is 0.374 e. The van der Waals surface area contributed by atoms with Gasteiger partial charge >= 0.3 is 5.97 Å². The van der Waals surface area contributed by atoms with Crippen LogP contribution in [-0.4, -0.2) is 12.6 Å². The Hall–Kier alpha value is -1.29. The summed E-state index contributed by atoms with van der Waals surface area (Å²) in [6.45, 7) is 2.11. The highest BCUT2D eigenvalue weighted by atomic mass is 16.5. The smallest absolute Gasteiger partial charge is 0.374 e. The molecule has 2 rings (SSSR count). The van der Waals surface area contributed by atoms with E-state index >= 15 is 0 Å². The minimum atomic E-state index is -0.428. The zero-order valence-electron chi connectivity index (χ0n) is 8.08. The van der Waals surface area contributed by atoms with Crippen LogP contribution in [0, 0.1) is 0 Å². The van der Waals surface area contributed by atoms with Gasteiger partial charge in [0, 0.05) is 0 Å². The topological polar surface area (TPSA) is 65.5 Å². The third kappa shape index (κ3) is 1.53. The van der Waals surface area contributed by atoms with Crippen molar-refractivity contribution < 1.29 is 13.9 Å². The second-order valence-electron chi connectivity index (χ2n) is 3.54. The van der Waals surface area contributed by atoms with Gasteiger partial charge in [0.25, 0.3) is 0 Å². The number of ether oxygens (including phenoxy) is 1. The van der Waals surface area contributed by atoms with Crippen LogP contribution in [0.5, 0.6) is 0 Å². The van der Waals surface area contributed by atoms with Crippen LogP contribution in [0.3, 0.4) is 0 Å². The summed E-state index contributed by atoms with van der Waals surface area (Å²) < 4.78 is 10.1. The summed E-state index contributed by atoms with van der Waals surface area (Å²) in [7, 11) is 0. The molecule has 0 aliphatic heterocycles. The Labute approximate surface area is 82.0 Å². The van der Waals surface area contributed by atoms with Gasteiger partial charge in [-0.15, -0.1) is 0 Å². The molecule has 1 aromatic rings. The van der Waals surface area contributed by atoms with Gasteiger partial charge in [-0.2, -0.15) is 0 Å². The lowest BCUT2D eigenvalue weighted by Gasteiger charge is -2.02. The molecule has 0 atom stereocenters. The first-order valence-electron chi connectivity index (χ1n) is 4.72. The van der Waals surface area contributed by atoms with Crippen molar-refractivity contribution in [1.29, 1.82) is 0 Å². The molecule has 1 saturated carbocycles. The van der Waals surface area contributed by atoms with E-state index < -0.39 is 5.97 Å². The zero-order chi connectivity index (χ0) is 10.2. The Morgan fingerprint density at radius 1 is 1.64 bits per heavy atom. The first-order chi connectivity index (χ1) is 6.65. The van der Waals surface area contributed by atoms with Gasteiger partial charge in [0.15, 0.2) is 0 Å². The van der Waals surface area contributed by atoms with Crippen LogP contribution < -0.4 is 5.73 Å². The van der Waals surface area contributed by atoms with Gasteiger partial charge in [0.05, 0.1) is 12.1 Å². The Bertz CT molecular complexity index is 352. The average molecular weight is 195 g/mol. The van der Waals surface area contributed by atoms with Crippen LogP contribution in [0.1, 0.15) is 36.1 Å². The van der Waals surface area contributed by atoms with Crippen molar-refractivity contribution in [1.82, 2.24) is 0 Å². The number of rotatable bonds is 3. The number of hydrogen-bond acceptors (Lipinski definition) is 4. The summed E-state index contributed by atoms with van der Waals surface area (Å²) in [5.41, 5.74) is 5.58. The molecule has 1 fully saturated rings. The molecular formula is C10H13NO3. The third-order valence-corrected chi connectivity index (χ3v) is 2.36. The molecule has 0 aromatic carbocycles. The fourth-order valence-electron chi connectivity index (χ4n) is 1.30. The van der Waals surface area contributed by atoms with E-state index in [-0.39, 0.29) is 11.3 Å². The van der Waals surface area contributed by atoms with E-state index in [9.17, 15) is 4.79 Å². The molecule has 0 bridgehead atoms. The van der Waals surface area contributed by atoms with Crippen molar-refractivity contribution >= 4 is 5.97 Å². The molecule has 4 heteroatoms.